The topological polar surface area (TPSA) is 29.5 Å². The highest BCUT2D eigenvalue weighted by Crippen LogP contribution is 2.26. The zero-order valence-corrected chi connectivity index (χ0v) is 12.2. The predicted octanol–water partition coefficient (Wildman–Crippen LogP) is 2.93. The molecule has 108 valence electrons. The van der Waals surface area contributed by atoms with Gasteiger partial charge in [-0.3, -0.25) is 9.69 Å². The van der Waals surface area contributed by atoms with Crippen LogP contribution in [0.15, 0.2) is 18.2 Å². The van der Waals surface area contributed by atoms with Gasteiger partial charge in [-0.1, -0.05) is 13.3 Å². The number of nitrogens with zero attached hydrogens (tertiary/aromatic N) is 1. The largest absolute Gasteiger partial charge is 0.493 e. The first-order chi connectivity index (χ1) is 9.76. The van der Waals surface area contributed by atoms with Crippen LogP contribution in [0.3, 0.4) is 0 Å². The first-order valence-corrected chi connectivity index (χ1v) is 7.77. The third kappa shape index (κ3) is 2.88. The van der Waals surface area contributed by atoms with Crippen molar-refractivity contribution in [1.82, 2.24) is 4.90 Å². The van der Waals surface area contributed by atoms with Crippen LogP contribution >= 0.6 is 0 Å². The minimum absolute atomic E-state index is 0.247. The smallest absolute Gasteiger partial charge is 0.176 e. The quantitative estimate of drug-likeness (QED) is 0.773. The molecule has 0 aromatic heterocycles. The molecule has 0 bridgehead atoms. The number of hydrogen-bond donors (Lipinski definition) is 0. The Morgan fingerprint density at radius 1 is 1.45 bits per heavy atom. The van der Waals surface area contributed by atoms with Gasteiger partial charge in [-0.2, -0.15) is 0 Å². The minimum Gasteiger partial charge on any atom is -0.493 e. The van der Waals surface area contributed by atoms with Crippen molar-refractivity contribution in [3.8, 4) is 5.75 Å². The number of ketones is 1. The van der Waals surface area contributed by atoms with Crippen LogP contribution in [0.25, 0.3) is 0 Å². The molecule has 1 fully saturated rings. The van der Waals surface area contributed by atoms with E-state index in [1.165, 1.54) is 24.8 Å². The molecule has 0 aliphatic carbocycles. The van der Waals surface area contributed by atoms with Gasteiger partial charge in [0.1, 0.15) is 5.75 Å². The Labute approximate surface area is 120 Å². The van der Waals surface area contributed by atoms with E-state index in [2.05, 4.69) is 11.8 Å². The lowest BCUT2D eigenvalue weighted by molar-refractivity contribution is 0.0943. The van der Waals surface area contributed by atoms with Crippen LogP contribution in [0.5, 0.6) is 5.75 Å². The molecule has 3 rings (SSSR count). The second kappa shape index (κ2) is 5.96. The summed E-state index contributed by atoms with van der Waals surface area (Å²) >= 11 is 0. The van der Waals surface area contributed by atoms with E-state index in [0.717, 1.165) is 43.3 Å². The van der Waals surface area contributed by atoms with Crippen molar-refractivity contribution in [2.75, 3.05) is 26.2 Å². The van der Waals surface area contributed by atoms with Crippen LogP contribution in [0.1, 0.15) is 42.1 Å². The SMILES string of the molecule is CCCC1CCN(CC(=O)c2ccc3c(c2)CCO3)C1. The van der Waals surface area contributed by atoms with Crippen LogP contribution in [-0.4, -0.2) is 36.9 Å². The van der Waals surface area contributed by atoms with Gasteiger partial charge in [0, 0.05) is 18.5 Å². The lowest BCUT2D eigenvalue weighted by atomic mass is 10.0. The number of ether oxygens (including phenoxy) is 1. The summed E-state index contributed by atoms with van der Waals surface area (Å²) in [5.74, 6) is 1.99. The number of rotatable bonds is 5. The van der Waals surface area contributed by atoms with Crippen molar-refractivity contribution >= 4 is 5.78 Å². The summed E-state index contributed by atoms with van der Waals surface area (Å²) in [7, 11) is 0. The summed E-state index contributed by atoms with van der Waals surface area (Å²) in [4.78, 5) is 14.7. The van der Waals surface area contributed by atoms with Gasteiger partial charge in [0.2, 0.25) is 0 Å². The number of fused-ring (bicyclic) bond motifs is 1. The highest BCUT2D eigenvalue weighted by atomic mass is 16.5. The molecule has 1 aromatic carbocycles. The van der Waals surface area contributed by atoms with Crippen LogP contribution < -0.4 is 4.74 Å². The maximum atomic E-state index is 12.4. The summed E-state index contributed by atoms with van der Waals surface area (Å²) in [6, 6.07) is 5.87. The molecule has 2 aliphatic heterocycles. The molecule has 0 saturated carbocycles. The molecule has 3 nitrogen and oxygen atoms in total. The maximum Gasteiger partial charge on any atom is 0.176 e. The maximum absolute atomic E-state index is 12.4. The zero-order valence-electron chi connectivity index (χ0n) is 12.2. The molecule has 1 unspecified atom stereocenters. The van der Waals surface area contributed by atoms with Gasteiger partial charge >= 0.3 is 0 Å². The lowest BCUT2D eigenvalue weighted by Crippen LogP contribution is -2.27. The third-order valence-corrected chi connectivity index (χ3v) is 4.45. The fourth-order valence-electron chi connectivity index (χ4n) is 3.35. The number of carbonyl (C=O) groups excluding carboxylic acids is 1. The van der Waals surface area contributed by atoms with Gasteiger partial charge in [0.25, 0.3) is 0 Å². The number of benzene rings is 1. The normalized spacial score (nSPS) is 21.8. The van der Waals surface area contributed by atoms with Gasteiger partial charge in [-0.15, -0.1) is 0 Å². The van der Waals surface area contributed by atoms with Gasteiger partial charge in [0.05, 0.1) is 13.2 Å². The van der Waals surface area contributed by atoms with Gasteiger partial charge < -0.3 is 4.74 Å². The number of carbonyl (C=O) groups is 1. The Morgan fingerprint density at radius 2 is 2.35 bits per heavy atom. The van der Waals surface area contributed by atoms with Crippen molar-refractivity contribution < 1.29 is 9.53 Å². The fourth-order valence-corrected chi connectivity index (χ4v) is 3.35. The molecule has 20 heavy (non-hydrogen) atoms. The third-order valence-electron chi connectivity index (χ3n) is 4.45. The number of likely N-dealkylation sites (tertiary alicyclic amines) is 1. The van der Waals surface area contributed by atoms with Crippen molar-refractivity contribution in [2.24, 2.45) is 5.92 Å². The van der Waals surface area contributed by atoms with E-state index < -0.39 is 0 Å². The molecular weight excluding hydrogens is 250 g/mol. The highest BCUT2D eigenvalue weighted by molar-refractivity contribution is 5.98. The standard InChI is InChI=1S/C17H23NO2/c1-2-3-13-6-8-18(11-13)12-16(19)14-4-5-17-15(10-14)7-9-20-17/h4-5,10,13H,2-3,6-9,11-12H2,1H3. The summed E-state index contributed by atoms with van der Waals surface area (Å²) in [5.41, 5.74) is 2.02. The Bertz CT molecular complexity index is 498. The molecular formula is C17H23NO2. The second-order valence-corrected chi connectivity index (χ2v) is 6.02. The molecule has 1 atom stereocenters. The van der Waals surface area contributed by atoms with Crippen LogP contribution in [0.2, 0.25) is 0 Å². The predicted molar refractivity (Wildman–Crippen MR) is 79.4 cm³/mol. The minimum atomic E-state index is 0.247. The first kappa shape index (κ1) is 13.6. The van der Waals surface area contributed by atoms with Gasteiger partial charge in [-0.05, 0) is 49.1 Å². The molecule has 0 amide bonds. The van der Waals surface area contributed by atoms with E-state index in [9.17, 15) is 4.79 Å². The average Bonchev–Trinajstić information content (AvgIpc) is 3.07. The van der Waals surface area contributed by atoms with E-state index >= 15 is 0 Å². The Morgan fingerprint density at radius 3 is 3.20 bits per heavy atom. The molecule has 3 heteroatoms. The molecule has 2 aliphatic rings. The average molecular weight is 273 g/mol. The summed E-state index contributed by atoms with van der Waals surface area (Å²) in [6.07, 6.45) is 4.72. The van der Waals surface area contributed by atoms with E-state index in [4.69, 9.17) is 4.74 Å². The van der Waals surface area contributed by atoms with Crippen molar-refractivity contribution in [2.45, 2.75) is 32.6 Å². The summed E-state index contributed by atoms with van der Waals surface area (Å²) < 4.78 is 5.49. The fraction of sp³-hybridized carbons (Fsp3) is 0.588. The van der Waals surface area contributed by atoms with E-state index in [-0.39, 0.29) is 5.78 Å². The molecule has 1 aromatic rings. The van der Waals surface area contributed by atoms with Crippen LogP contribution in [0.4, 0.5) is 0 Å². The second-order valence-electron chi connectivity index (χ2n) is 6.02. The number of Topliss-reactive ketones (excluding diaryl/α,β-unsaturated/α-hetero) is 1. The van der Waals surface area contributed by atoms with Crippen molar-refractivity contribution in [3.63, 3.8) is 0 Å². The number of hydrogen-bond acceptors (Lipinski definition) is 3. The summed E-state index contributed by atoms with van der Waals surface area (Å²) in [5, 5.41) is 0. The molecule has 0 N–H and O–H groups in total. The van der Waals surface area contributed by atoms with Crippen LogP contribution in [-0.2, 0) is 6.42 Å². The Kier molecular flexibility index (Phi) is 4.06. The zero-order chi connectivity index (χ0) is 13.9. The molecule has 0 radical (unpaired) electrons. The molecule has 1 saturated heterocycles. The van der Waals surface area contributed by atoms with Crippen LogP contribution in [0, 0.1) is 5.92 Å². The van der Waals surface area contributed by atoms with Gasteiger partial charge in [0.15, 0.2) is 5.78 Å². The Balaban J connectivity index is 1.60. The monoisotopic (exact) mass is 273 g/mol. The van der Waals surface area contributed by atoms with Crippen molar-refractivity contribution in [1.29, 1.82) is 0 Å². The highest BCUT2D eigenvalue weighted by Gasteiger charge is 2.24. The van der Waals surface area contributed by atoms with Crippen molar-refractivity contribution in [3.05, 3.63) is 29.3 Å². The molecule has 2 heterocycles. The van der Waals surface area contributed by atoms with Gasteiger partial charge in [-0.25, -0.2) is 0 Å². The van der Waals surface area contributed by atoms with E-state index in [1.807, 2.05) is 18.2 Å². The summed E-state index contributed by atoms with van der Waals surface area (Å²) in [6.45, 7) is 5.72. The lowest BCUT2D eigenvalue weighted by Gasteiger charge is -2.15. The molecule has 0 spiro atoms. The Hall–Kier alpha value is -1.35. The van der Waals surface area contributed by atoms with E-state index in [1.54, 1.807) is 0 Å². The van der Waals surface area contributed by atoms with E-state index in [0.29, 0.717) is 6.54 Å². The first-order valence-electron chi connectivity index (χ1n) is 7.77.